The summed E-state index contributed by atoms with van der Waals surface area (Å²) in [6.45, 7) is 0.0605. The highest BCUT2D eigenvalue weighted by Gasteiger charge is 2.30. The number of nitrogens with one attached hydrogen (secondary N) is 1. The zero-order valence-electron chi connectivity index (χ0n) is 10.4. The minimum Gasteiger partial charge on any atom is -0.391 e. The van der Waals surface area contributed by atoms with Gasteiger partial charge in [0.25, 0.3) is 0 Å². The number of nitriles is 1. The minimum atomic E-state index is -3.48. The summed E-state index contributed by atoms with van der Waals surface area (Å²) >= 11 is 0. The molecule has 0 heterocycles. The molecule has 0 spiro atoms. The van der Waals surface area contributed by atoms with Gasteiger partial charge in [-0.05, 0) is 36.5 Å². The van der Waals surface area contributed by atoms with E-state index in [0.29, 0.717) is 11.1 Å². The van der Waals surface area contributed by atoms with Crippen molar-refractivity contribution in [2.75, 3.05) is 6.54 Å². The second kappa shape index (κ2) is 5.70. The SMILES string of the molecule is N#Cc1cccc(CS(=O)(=O)NCC(O)C2CC2)c1. The highest BCUT2D eigenvalue weighted by atomic mass is 32.2. The van der Waals surface area contributed by atoms with Gasteiger partial charge in [-0.2, -0.15) is 5.26 Å². The zero-order valence-corrected chi connectivity index (χ0v) is 11.2. The third-order valence-corrected chi connectivity index (χ3v) is 4.41. The van der Waals surface area contributed by atoms with Crippen LogP contribution >= 0.6 is 0 Å². The standard InChI is InChI=1S/C13H16N2O3S/c14-7-10-2-1-3-11(6-10)9-19(17,18)15-8-13(16)12-4-5-12/h1-3,6,12-13,15-16H,4-5,8-9H2. The molecule has 1 atom stereocenters. The van der Waals surface area contributed by atoms with E-state index in [0.717, 1.165) is 12.8 Å². The smallest absolute Gasteiger partial charge is 0.215 e. The van der Waals surface area contributed by atoms with Gasteiger partial charge in [0.1, 0.15) is 0 Å². The van der Waals surface area contributed by atoms with Gasteiger partial charge in [-0.3, -0.25) is 0 Å². The first-order valence-corrected chi connectivity index (χ1v) is 7.80. The number of rotatable bonds is 6. The molecule has 1 aromatic carbocycles. The lowest BCUT2D eigenvalue weighted by Crippen LogP contribution is -2.33. The van der Waals surface area contributed by atoms with E-state index in [9.17, 15) is 13.5 Å². The summed E-state index contributed by atoms with van der Waals surface area (Å²) in [5.41, 5.74) is 0.998. The van der Waals surface area contributed by atoms with Crippen molar-refractivity contribution in [3.63, 3.8) is 0 Å². The lowest BCUT2D eigenvalue weighted by atomic mass is 10.2. The number of sulfonamides is 1. The number of aliphatic hydroxyl groups is 1. The lowest BCUT2D eigenvalue weighted by Gasteiger charge is -2.11. The predicted molar refractivity (Wildman–Crippen MR) is 70.5 cm³/mol. The Bertz CT molecular complexity index is 588. The van der Waals surface area contributed by atoms with Crippen molar-refractivity contribution in [3.8, 4) is 6.07 Å². The molecule has 1 fully saturated rings. The number of hydrogen-bond acceptors (Lipinski definition) is 4. The molecule has 2 rings (SSSR count). The predicted octanol–water partition coefficient (Wildman–Crippen LogP) is 0.749. The maximum Gasteiger partial charge on any atom is 0.215 e. The fraction of sp³-hybridized carbons (Fsp3) is 0.462. The number of nitrogens with zero attached hydrogens (tertiary/aromatic N) is 1. The van der Waals surface area contributed by atoms with Gasteiger partial charge in [-0.25, -0.2) is 13.1 Å². The second-order valence-corrected chi connectivity index (χ2v) is 6.63. The Balaban J connectivity index is 1.94. The van der Waals surface area contributed by atoms with Gasteiger partial charge >= 0.3 is 0 Å². The largest absolute Gasteiger partial charge is 0.391 e. The van der Waals surface area contributed by atoms with E-state index < -0.39 is 16.1 Å². The average Bonchev–Trinajstić information content (AvgIpc) is 3.20. The van der Waals surface area contributed by atoms with Gasteiger partial charge in [0, 0.05) is 6.54 Å². The van der Waals surface area contributed by atoms with Crippen molar-refractivity contribution in [1.82, 2.24) is 4.72 Å². The van der Waals surface area contributed by atoms with Crippen molar-refractivity contribution in [2.24, 2.45) is 5.92 Å². The summed E-state index contributed by atoms with van der Waals surface area (Å²) in [5, 5.41) is 18.4. The fourth-order valence-corrected chi connectivity index (χ4v) is 3.01. The van der Waals surface area contributed by atoms with Crippen molar-refractivity contribution >= 4 is 10.0 Å². The molecule has 1 aliphatic carbocycles. The minimum absolute atomic E-state index is 0.0605. The van der Waals surface area contributed by atoms with Crippen LogP contribution in [0.1, 0.15) is 24.0 Å². The summed E-state index contributed by atoms with van der Waals surface area (Å²) in [4.78, 5) is 0. The van der Waals surface area contributed by atoms with Crippen molar-refractivity contribution in [2.45, 2.75) is 24.7 Å². The number of benzene rings is 1. The van der Waals surface area contributed by atoms with Gasteiger partial charge in [0.15, 0.2) is 0 Å². The van der Waals surface area contributed by atoms with E-state index in [2.05, 4.69) is 4.72 Å². The molecule has 19 heavy (non-hydrogen) atoms. The van der Waals surface area contributed by atoms with Crippen LogP contribution in [0.2, 0.25) is 0 Å². The third kappa shape index (κ3) is 4.31. The molecule has 2 N–H and O–H groups in total. The summed E-state index contributed by atoms with van der Waals surface area (Å²) in [5.74, 6) is 0.0597. The van der Waals surface area contributed by atoms with Crippen LogP contribution in [0.25, 0.3) is 0 Å². The first-order valence-electron chi connectivity index (χ1n) is 6.14. The van der Waals surface area contributed by atoms with Crippen LogP contribution in [0.5, 0.6) is 0 Å². The van der Waals surface area contributed by atoms with Gasteiger partial charge in [-0.1, -0.05) is 12.1 Å². The molecule has 102 valence electrons. The monoisotopic (exact) mass is 280 g/mol. The quantitative estimate of drug-likeness (QED) is 0.804. The molecule has 0 amide bonds. The Labute approximate surface area is 112 Å². The molecule has 1 saturated carbocycles. The summed E-state index contributed by atoms with van der Waals surface area (Å²) in [6.07, 6.45) is 1.33. The molecule has 6 heteroatoms. The van der Waals surface area contributed by atoms with Gasteiger partial charge in [0.2, 0.25) is 10.0 Å². The molecule has 0 saturated heterocycles. The molecular formula is C13H16N2O3S. The molecule has 1 aromatic rings. The fourth-order valence-electron chi connectivity index (χ4n) is 1.86. The maximum atomic E-state index is 11.8. The first kappa shape index (κ1) is 14.0. The second-order valence-electron chi connectivity index (χ2n) is 4.82. The molecule has 0 aliphatic heterocycles. The number of aliphatic hydroxyl groups excluding tert-OH is 1. The van der Waals surface area contributed by atoms with Crippen molar-refractivity contribution in [1.29, 1.82) is 5.26 Å². The van der Waals surface area contributed by atoms with E-state index >= 15 is 0 Å². The molecule has 1 aliphatic rings. The molecule has 0 radical (unpaired) electrons. The highest BCUT2D eigenvalue weighted by molar-refractivity contribution is 7.88. The Hall–Kier alpha value is -1.42. The maximum absolute atomic E-state index is 11.8. The summed E-state index contributed by atoms with van der Waals surface area (Å²) in [7, 11) is -3.48. The Morgan fingerprint density at radius 3 is 2.84 bits per heavy atom. The summed E-state index contributed by atoms with van der Waals surface area (Å²) < 4.78 is 26.1. The molecular weight excluding hydrogens is 264 g/mol. The zero-order chi connectivity index (χ0) is 13.9. The molecule has 0 aromatic heterocycles. The Morgan fingerprint density at radius 1 is 1.47 bits per heavy atom. The van der Waals surface area contributed by atoms with E-state index in [1.54, 1.807) is 24.3 Å². The lowest BCUT2D eigenvalue weighted by molar-refractivity contribution is 0.155. The van der Waals surface area contributed by atoms with Crippen LogP contribution in [-0.4, -0.2) is 26.2 Å². The van der Waals surface area contributed by atoms with E-state index in [1.807, 2.05) is 6.07 Å². The molecule has 5 nitrogen and oxygen atoms in total. The molecule has 1 unspecified atom stereocenters. The topological polar surface area (TPSA) is 90.2 Å². The van der Waals surface area contributed by atoms with Crippen LogP contribution in [0.3, 0.4) is 0 Å². The van der Waals surface area contributed by atoms with E-state index in [4.69, 9.17) is 5.26 Å². The van der Waals surface area contributed by atoms with Crippen LogP contribution < -0.4 is 4.72 Å². The number of hydrogen-bond donors (Lipinski definition) is 2. The molecule has 0 bridgehead atoms. The Morgan fingerprint density at radius 2 is 2.21 bits per heavy atom. The van der Waals surface area contributed by atoms with E-state index in [-0.39, 0.29) is 18.2 Å². The highest BCUT2D eigenvalue weighted by Crippen LogP contribution is 2.32. The van der Waals surface area contributed by atoms with Crippen LogP contribution in [0, 0.1) is 17.2 Å². The van der Waals surface area contributed by atoms with Crippen LogP contribution in [0.4, 0.5) is 0 Å². The third-order valence-electron chi connectivity index (χ3n) is 3.09. The van der Waals surface area contributed by atoms with Crippen LogP contribution in [0.15, 0.2) is 24.3 Å². The van der Waals surface area contributed by atoms with Gasteiger partial charge < -0.3 is 5.11 Å². The normalized spacial score (nSPS) is 16.8. The van der Waals surface area contributed by atoms with Crippen molar-refractivity contribution in [3.05, 3.63) is 35.4 Å². The van der Waals surface area contributed by atoms with Crippen molar-refractivity contribution < 1.29 is 13.5 Å². The van der Waals surface area contributed by atoms with Gasteiger partial charge in [-0.15, -0.1) is 0 Å². The van der Waals surface area contributed by atoms with Crippen LogP contribution in [-0.2, 0) is 15.8 Å². The average molecular weight is 280 g/mol. The first-order chi connectivity index (χ1) is 9.00. The summed E-state index contributed by atoms with van der Waals surface area (Å²) in [6, 6.07) is 8.47. The van der Waals surface area contributed by atoms with E-state index in [1.165, 1.54) is 0 Å². The Kier molecular flexibility index (Phi) is 4.20. The van der Waals surface area contributed by atoms with Gasteiger partial charge in [0.05, 0.1) is 23.5 Å².